The molecule has 1 heterocycles. The number of nitrogen functional groups attached to an aromatic ring is 1. The zero-order valence-corrected chi connectivity index (χ0v) is 11.1. The van der Waals surface area contributed by atoms with Crippen LogP contribution in [0.3, 0.4) is 0 Å². The Kier molecular flexibility index (Phi) is 3.53. The fourth-order valence-electron chi connectivity index (χ4n) is 1.78. The van der Waals surface area contributed by atoms with Crippen molar-refractivity contribution < 1.29 is 12.8 Å². The monoisotopic (exact) mass is 280 g/mol. The lowest BCUT2D eigenvalue weighted by molar-refractivity contribution is 0.594. The normalized spacial score (nSPS) is 11.5. The number of hydrogen-bond acceptors (Lipinski definition) is 4. The molecular formula is C13H13FN2O2S. The van der Waals surface area contributed by atoms with Gasteiger partial charge in [0.2, 0.25) is 0 Å². The second kappa shape index (κ2) is 4.97. The molecule has 0 saturated heterocycles. The predicted octanol–water partition coefficient (Wildman–Crippen LogP) is 2.09. The van der Waals surface area contributed by atoms with Gasteiger partial charge in [-0.3, -0.25) is 4.98 Å². The molecule has 6 heteroatoms. The van der Waals surface area contributed by atoms with E-state index in [0.29, 0.717) is 11.1 Å². The maximum Gasteiger partial charge on any atom is 0.184 e. The molecule has 0 aliphatic rings. The largest absolute Gasteiger partial charge is 0.396 e. The highest BCUT2D eigenvalue weighted by Gasteiger charge is 2.19. The first-order chi connectivity index (χ1) is 8.90. The number of sulfone groups is 1. The average Bonchev–Trinajstić information content (AvgIpc) is 2.33. The molecule has 0 saturated carbocycles. The number of benzene rings is 1. The van der Waals surface area contributed by atoms with Gasteiger partial charge in [0.1, 0.15) is 5.82 Å². The first kappa shape index (κ1) is 13.5. The summed E-state index contributed by atoms with van der Waals surface area (Å²) in [5.74, 6) is -0.602. The molecule has 0 spiro atoms. The third kappa shape index (κ3) is 2.90. The van der Waals surface area contributed by atoms with Crippen molar-refractivity contribution in [2.45, 2.75) is 17.6 Å². The predicted molar refractivity (Wildman–Crippen MR) is 70.7 cm³/mol. The minimum Gasteiger partial charge on any atom is -0.396 e. The van der Waals surface area contributed by atoms with Gasteiger partial charge in [-0.15, -0.1) is 0 Å². The Morgan fingerprint density at radius 3 is 2.68 bits per heavy atom. The van der Waals surface area contributed by atoms with Crippen molar-refractivity contribution in [2.75, 3.05) is 5.73 Å². The maximum absolute atomic E-state index is 13.0. The number of nitrogens with zero attached hydrogens (tertiary/aromatic N) is 1. The number of rotatable bonds is 3. The van der Waals surface area contributed by atoms with E-state index in [1.165, 1.54) is 36.7 Å². The molecule has 2 rings (SSSR count). The fourth-order valence-corrected chi connectivity index (χ4v) is 3.35. The summed E-state index contributed by atoms with van der Waals surface area (Å²) in [6.45, 7) is 1.67. The van der Waals surface area contributed by atoms with Gasteiger partial charge in [-0.25, -0.2) is 12.8 Å². The molecular weight excluding hydrogens is 267 g/mol. The zero-order chi connectivity index (χ0) is 14.0. The number of halogens is 1. The van der Waals surface area contributed by atoms with Gasteiger partial charge in [0.05, 0.1) is 22.5 Å². The van der Waals surface area contributed by atoms with Gasteiger partial charge >= 0.3 is 0 Å². The molecule has 19 heavy (non-hydrogen) atoms. The molecule has 0 unspecified atom stereocenters. The molecule has 0 fully saturated rings. The zero-order valence-electron chi connectivity index (χ0n) is 10.3. The highest BCUT2D eigenvalue weighted by atomic mass is 32.2. The third-order valence-electron chi connectivity index (χ3n) is 2.80. The summed E-state index contributed by atoms with van der Waals surface area (Å²) in [6.07, 6.45) is 2.67. The minimum absolute atomic E-state index is 0.0474. The molecule has 0 amide bonds. The van der Waals surface area contributed by atoms with Gasteiger partial charge in [-0.2, -0.15) is 0 Å². The number of hydrogen-bond donors (Lipinski definition) is 1. The smallest absolute Gasteiger partial charge is 0.184 e. The van der Waals surface area contributed by atoms with E-state index in [0.717, 1.165) is 0 Å². The lowest BCUT2D eigenvalue weighted by atomic mass is 10.1. The number of aromatic nitrogens is 1. The van der Waals surface area contributed by atoms with Crippen LogP contribution in [0.25, 0.3) is 0 Å². The van der Waals surface area contributed by atoms with E-state index < -0.39 is 9.84 Å². The molecule has 1 aromatic carbocycles. The van der Waals surface area contributed by atoms with E-state index in [-0.39, 0.29) is 22.2 Å². The minimum atomic E-state index is -3.57. The highest BCUT2D eigenvalue weighted by molar-refractivity contribution is 7.90. The Labute approximate surface area is 111 Å². The third-order valence-corrected chi connectivity index (χ3v) is 4.53. The second-order valence-electron chi connectivity index (χ2n) is 4.24. The van der Waals surface area contributed by atoms with Gasteiger partial charge in [-0.05, 0) is 36.2 Å². The van der Waals surface area contributed by atoms with E-state index in [4.69, 9.17) is 5.73 Å². The number of pyridine rings is 1. The SMILES string of the molecule is Cc1cc(F)ccc1CS(=O)(=O)c1ccncc1N. The van der Waals surface area contributed by atoms with Crippen LogP contribution < -0.4 is 5.73 Å². The van der Waals surface area contributed by atoms with Crippen LogP contribution in [0.2, 0.25) is 0 Å². The van der Waals surface area contributed by atoms with Crippen LogP contribution in [-0.4, -0.2) is 13.4 Å². The molecule has 0 radical (unpaired) electrons. The Hall–Kier alpha value is -1.95. The van der Waals surface area contributed by atoms with Gasteiger partial charge < -0.3 is 5.73 Å². The Balaban J connectivity index is 2.40. The van der Waals surface area contributed by atoms with E-state index in [9.17, 15) is 12.8 Å². The van der Waals surface area contributed by atoms with Crippen LogP contribution >= 0.6 is 0 Å². The first-order valence-electron chi connectivity index (χ1n) is 5.57. The quantitative estimate of drug-likeness (QED) is 0.934. The van der Waals surface area contributed by atoms with Crippen molar-refractivity contribution in [1.29, 1.82) is 0 Å². The summed E-state index contributed by atoms with van der Waals surface area (Å²) in [4.78, 5) is 3.80. The molecule has 100 valence electrons. The van der Waals surface area contributed by atoms with Gasteiger partial charge in [0.25, 0.3) is 0 Å². The van der Waals surface area contributed by atoms with Crippen LogP contribution in [0.5, 0.6) is 0 Å². The molecule has 2 aromatic rings. The van der Waals surface area contributed by atoms with Crippen LogP contribution in [0.1, 0.15) is 11.1 Å². The summed E-state index contributed by atoms with van der Waals surface area (Å²) in [6, 6.07) is 5.39. The van der Waals surface area contributed by atoms with Crippen molar-refractivity contribution in [2.24, 2.45) is 0 Å². The van der Waals surface area contributed by atoms with E-state index in [1.807, 2.05) is 0 Å². The van der Waals surface area contributed by atoms with E-state index >= 15 is 0 Å². The van der Waals surface area contributed by atoms with Crippen molar-refractivity contribution in [1.82, 2.24) is 4.98 Å². The molecule has 0 aliphatic heterocycles. The van der Waals surface area contributed by atoms with E-state index in [2.05, 4.69) is 4.98 Å². The second-order valence-corrected chi connectivity index (χ2v) is 6.20. The molecule has 0 atom stereocenters. The highest BCUT2D eigenvalue weighted by Crippen LogP contribution is 2.22. The van der Waals surface area contributed by atoms with Crippen LogP contribution in [0.15, 0.2) is 41.6 Å². The molecule has 0 aliphatic carbocycles. The first-order valence-corrected chi connectivity index (χ1v) is 7.22. The van der Waals surface area contributed by atoms with Crippen molar-refractivity contribution in [3.63, 3.8) is 0 Å². The summed E-state index contributed by atoms with van der Waals surface area (Å²) in [5, 5.41) is 0. The summed E-state index contributed by atoms with van der Waals surface area (Å²) < 4.78 is 37.5. The number of aryl methyl sites for hydroxylation is 1. The molecule has 1 aromatic heterocycles. The Morgan fingerprint density at radius 1 is 1.32 bits per heavy atom. The van der Waals surface area contributed by atoms with Crippen LogP contribution in [0.4, 0.5) is 10.1 Å². The lowest BCUT2D eigenvalue weighted by Crippen LogP contribution is -2.09. The van der Waals surface area contributed by atoms with Gasteiger partial charge in [0.15, 0.2) is 9.84 Å². The molecule has 0 bridgehead atoms. The standard InChI is InChI=1S/C13H13FN2O2S/c1-9-6-11(14)3-2-10(9)8-19(17,18)13-4-5-16-7-12(13)15/h2-7H,8,15H2,1H3. The van der Waals surface area contributed by atoms with Crippen molar-refractivity contribution in [3.05, 3.63) is 53.6 Å². The van der Waals surface area contributed by atoms with Crippen molar-refractivity contribution >= 4 is 15.5 Å². The van der Waals surface area contributed by atoms with Crippen LogP contribution in [0, 0.1) is 12.7 Å². The Morgan fingerprint density at radius 2 is 2.05 bits per heavy atom. The number of anilines is 1. The van der Waals surface area contributed by atoms with Crippen molar-refractivity contribution in [3.8, 4) is 0 Å². The topological polar surface area (TPSA) is 73.0 Å². The summed E-state index contributed by atoms with van der Waals surface area (Å²) >= 11 is 0. The molecule has 2 N–H and O–H groups in total. The van der Waals surface area contributed by atoms with Gasteiger partial charge in [-0.1, -0.05) is 6.07 Å². The summed E-state index contributed by atoms with van der Waals surface area (Å²) in [7, 11) is -3.57. The number of nitrogens with two attached hydrogens (primary N) is 1. The van der Waals surface area contributed by atoms with Gasteiger partial charge in [0, 0.05) is 6.20 Å². The fraction of sp³-hybridized carbons (Fsp3) is 0.154. The Bertz CT molecular complexity index is 714. The lowest BCUT2D eigenvalue weighted by Gasteiger charge is -2.09. The van der Waals surface area contributed by atoms with Crippen LogP contribution in [-0.2, 0) is 15.6 Å². The summed E-state index contributed by atoms with van der Waals surface area (Å²) in [5.41, 5.74) is 6.88. The molecule has 4 nitrogen and oxygen atoms in total. The maximum atomic E-state index is 13.0. The average molecular weight is 280 g/mol. The van der Waals surface area contributed by atoms with E-state index in [1.54, 1.807) is 6.92 Å².